The zero-order valence-electron chi connectivity index (χ0n) is 11.2. The average molecular weight is 261 g/mol. The number of piperidine rings is 1. The third-order valence-corrected chi connectivity index (χ3v) is 3.35. The van der Waals surface area contributed by atoms with Crippen molar-refractivity contribution in [3.8, 4) is 11.8 Å². The van der Waals surface area contributed by atoms with Crippen LogP contribution < -0.4 is 0 Å². The molecule has 0 bridgehead atoms. The first-order valence-electron chi connectivity index (χ1n) is 6.90. The quantitative estimate of drug-likeness (QED) is 0.845. The van der Waals surface area contributed by atoms with Gasteiger partial charge in [0.2, 0.25) is 0 Å². The van der Waals surface area contributed by atoms with Gasteiger partial charge in [-0.2, -0.15) is 0 Å². The number of aliphatic hydroxyl groups excluding tert-OH is 1. The highest BCUT2D eigenvalue weighted by molar-refractivity contribution is 5.38. The Morgan fingerprint density at radius 3 is 2.74 bits per heavy atom. The maximum absolute atomic E-state index is 13.6. The van der Waals surface area contributed by atoms with Crippen molar-refractivity contribution >= 4 is 0 Å². The molecule has 0 spiro atoms. The Kier molecular flexibility index (Phi) is 5.38. The fourth-order valence-corrected chi connectivity index (χ4v) is 2.36. The van der Waals surface area contributed by atoms with E-state index in [0.29, 0.717) is 12.0 Å². The fourth-order valence-electron chi connectivity index (χ4n) is 2.36. The lowest BCUT2D eigenvalue weighted by Gasteiger charge is -2.26. The van der Waals surface area contributed by atoms with Crippen molar-refractivity contribution in [1.82, 2.24) is 4.90 Å². The second-order valence-corrected chi connectivity index (χ2v) is 4.93. The second kappa shape index (κ2) is 7.28. The van der Waals surface area contributed by atoms with Crippen LogP contribution in [0.4, 0.5) is 4.39 Å². The summed E-state index contributed by atoms with van der Waals surface area (Å²) in [5, 5.41) is 8.68. The van der Waals surface area contributed by atoms with Gasteiger partial charge < -0.3 is 5.11 Å². The van der Waals surface area contributed by atoms with Crippen LogP contribution in [-0.2, 0) is 6.54 Å². The van der Waals surface area contributed by atoms with Gasteiger partial charge in [-0.3, -0.25) is 4.90 Å². The number of likely N-dealkylation sites (tertiary alicyclic amines) is 1. The van der Waals surface area contributed by atoms with Crippen LogP contribution in [0.25, 0.3) is 0 Å². The molecule has 2 nitrogen and oxygen atoms in total. The maximum atomic E-state index is 13.6. The van der Waals surface area contributed by atoms with Gasteiger partial charge in [0, 0.05) is 13.0 Å². The molecule has 0 atom stereocenters. The number of hydrogen-bond donors (Lipinski definition) is 1. The van der Waals surface area contributed by atoms with Gasteiger partial charge >= 0.3 is 0 Å². The van der Waals surface area contributed by atoms with Crippen molar-refractivity contribution < 1.29 is 9.50 Å². The number of halogens is 1. The molecule has 0 aromatic heterocycles. The first-order chi connectivity index (χ1) is 9.29. The molecule has 1 aromatic rings. The summed E-state index contributed by atoms with van der Waals surface area (Å²) in [4.78, 5) is 2.40. The van der Waals surface area contributed by atoms with Gasteiger partial charge in [-0.25, -0.2) is 4.39 Å². The highest BCUT2D eigenvalue weighted by Crippen LogP contribution is 2.15. The molecule has 19 heavy (non-hydrogen) atoms. The smallest absolute Gasteiger partial charge is 0.138 e. The number of aliphatic hydroxyl groups is 1. The largest absolute Gasteiger partial charge is 0.395 e. The highest BCUT2D eigenvalue weighted by Gasteiger charge is 2.11. The minimum atomic E-state index is -0.284. The summed E-state index contributed by atoms with van der Waals surface area (Å²) >= 11 is 0. The molecule has 0 unspecified atom stereocenters. The van der Waals surface area contributed by atoms with Gasteiger partial charge in [0.1, 0.15) is 5.82 Å². The van der Waals surface area contributed by atoms with Crippen LogP contribution in [0.5, 0.6) is 0 Å². The summed E-state index contributed by atoms with van der Waals surface area (Å²) < 4.78 is 13.6. The van der Waals surface area contributed by atoms with Crippen LogP contribution in [0.2, 0.25) is 0 Å². The van der Waals surface area contributed by atoms with Crippen molar-refractivity contribution in [3.63, 3.8) is 0 Å². The van der Waals surface area contributed by atoms with Gasteiger partial charge in [0.15, 0.2) is 0 Å². The molecule has 3 heteroatoms. The molecule has 102 valence electrons. The maximum Gasteiger partial charge on any atom is 0.138 e. The van der Waals surface area contributed by atoms with Crippen LogP contribution >= 0.6 is 0 Å². The highest BCUT2D eigenvalue weighted by atomic mass is 19.1. The first-order valence-corrected chi connectivity index (χ1v) is 6.90. The standard InChI is InChI=1S/C16H20FNO/c17-16-8-7-14(12-15(16)6-2-5-11-19)13-18-9-3-1-4-10-18/h7-8,12,19H,1,3-5,9-11,13H2. The van der Waals surface area contributed by atoms with E-state index >= 15 is 0 Å². The van der Waals surface area contributed by atoms with Crippen molar-refractivity contribution in [3.05, 3.63) is 35.1 Å². The van der Waals surface area contributed by atoms with E-state index in [4.69, 9.17) is 5.11 Å². The lowest BCUT2D eigenvalue weighted by molar-refractivity contribution is 0.221. The average Bonchev–Trinajstić information content (AvgIpc) is 2.44. The van der Waals surface area contributed by atoms with E-state index in [-0.39, 0.29) is 12.4 Å². The number of benzene rings is 1. The fraction of sp³-hybridized carbons (Fsp3) is 0.500. The molecule has 1 fully saturated rings. The van der Waals surface area contributed by atoms with E-state index in [0.717, 1.165) is 25.2 Å². The molecular formula is C16H20FNO. The topological polar surface area (TPSA) is 23.5 Å². The molecule has 1 N–H and O–H groups in total. The second-order valence-electron chi connectivity index (χ2n) is 4.93. The molecular weight excluding hydrogens is 241 g/mol. The Morgan fingerprint density at radius 1 is 1.21 bits per heavy atom. The van der Waals surface area contributed by atoms with Gasteiger partial charge in [-0.15, -0.1) is 0 Å². The van der Waals surface area contributed by atoms with E-state index in [2.05, 4.69) is 16.7 Å². The molecule has 0 saturated carbocycles. The Balaban J connectivity index is 2.05. The normalized spacial score (nSPS) is 15.9. The monoisotopic (exact) mass is 261 g/mol. The Labute approximate surface area is 114 Å². The summed E-state index contributed by atoms with van der Waals surface area (Å²) in [7, 11) is 0. The Hall–Kier alpha value is -1.37. The predicted molar refractivity (Wildman–Crippen MR) is 74.1 cm³/mol. The minimum Gasteiger partial charge on any atom is -0.395 e. The Bertz CT molecular complexity index is 469. The third-order valence-electron chi connectivity index (χ3n) is 3.35. The van der Waals surface area contributed by atoms with Crippen molar-refractivity contribution in [2.75, 3.05) is 19.7 Å². The van der Waals surface area contributed by atoms with E-state index in [1.54, 1.807) is 0 Å². The Morgan fingerprint density at radius 2 is 2.00 bits per heavy atom. The molecule has 0 amide bonds. The summed E-state index contributed by atoms with van der Waals surface area (Å²) in [6.07, 6.45) is 4.21. The van der Waals surface area contributed by atoms with Gasteiger partial charge in [-0.05, 0) is 43.6 Å². The summed E-state index contributed by atoms with van der Waals surface area (Å²) in [5.74, 6) is 5.27. The van der Waals surface area contributed by atoms with Crippen LogP contribution in [0.15, 0.2) is 18.2 Å². The molecule has 2 rings (SSSR count). The molecule has 0 radical (unpaired) electrons. The molecule has 0 aliphatic carbocycles. The van der Waals surface area contributed by atoms with Gasteiger partial charge in [0.05, 0.1) is 12.2 Å². The van der Waals surface area contributed by atoms with Gasteiger partial charge in [0.25, 0.3) is 0 Å². The summed E-state index contributed by atoms with van der Waals surface area (Å²) in [6, 6.07) is 5.15. The van der Waals surface area contributed by atoms with Gasteiger partial charge in [-0.1, -0.05) is 24.3 Å². The van der Waals surface area contributed by atoms with Crippen molar-refractivity contribution in [2.24, 2.45) is 0 Å². The molecule has 1 aliphatic rings. The zero-order valence-corrected chi connectivity index (χ0v) is 11.2. The molecule has 1 heterocycles. The summed E-state index contributed by atoms with van der Waals surface area (Å²) in [5.41, 5.74) is 1.54. The van der Waals surface area contributed by atoms with Crippen LogP contribution in [0, 0.1) is 17.7 Å². The van der Waals surface area contributed by atoms with Crippen LogP contribution in [0.3, 0.4) is 0 Å². The van der Waals surface area contributed by atoms with E-state index in [1.807, 2.05) is 12.1 Å². The SMILES string of the molecule is OCCC#Cc1cc(CN2CCCCC2)ccc1F. The first kappa shape index (κ1) is 14.0. The number of rotatable bonds is 3. The van der Waals surface area contributed by atoms with E-state index in [1.165, 1.54) is 25.3 Å². The number of hydrogen-bond acceptors (Lipinski definition) is 2. The van der Waals surface area contributed by atoms with Crippen molar-refractivity contribution in [2.45, 2.75) is 32.2 Å². The van der Waals surface area contributed by atoms with Crippen molar-refractivity contribution in [1.29, 1.82) is 0 Å². The van der Waals surface area contributed by atoms with Crippen LogP contribution in [0.1, 0.15) is 36.8 Å². The van der Waals surface area contributed by atoms with E-state index < -0.39 is 0 Å². The lowest BCUT2D eigenvalue weighted by atomic mass is 10.1. The summed E-state index contributed by atoms with van der Waals surface area (Å²) in [6.45, 7) is 3.14. The molecule has 1 saturated heterocycles. The van der Waals surface area contributed by atoms with Crippen LogP contribution in [-0.4, -0.2) is 29.7 Å². The number of nitrogens with zero attached hydrogens (tertiary/aromatic N) is 1. The molecule has 1 aliphatic heterocycles. The van der Waals surface area contributed by atoms with E-state index in [9.17, 15) is 4.39 Å². The zero-order chi connectivity index (χ0) is 13.5. The third kappa shape index (κ3) is 4.34. The minimum absolute atomic E-state index is 0.0160. The molecule has 1 aromatic carbocycles. The predicted octanol–water partition coefficient (Wildman–Crippen LogP) is 2.55. The lowest BCUT2D eigenvalue weighted by Crippen LogP contribution is -2.29.